The van der Waals surface area contributed by atoms with E-state index in [1.54, 1.807) is 12.1 Å². The van der Waals surface area contributed by atoms with E-state index in [1.807, 2.05) is 6.92 Å². The van der Waals surface area contributed by atoms with E-state index in [0.29, 0.717) is 18.9 Å². The second-order valence-electron chi connectivity index (χ2n) is 5.05. The Morgan fingerprint density at radius 1 is 1.60 bits per heavy atom. The second-order valence-corrected chi connectivity index (χ2v) is 5.05. The summed E-state index contributed by atoms with van der Waals surface area (Å²) in [5.41, 5.74) is 0. The van der Waals surface area contributed by atoms with Crippen molar-refractivity contribution in [2.45, 2.75) is 25.9 Å². The Labute approximate surface area is 118 Å². The molecule has 0 aromatic heterocycles. The number of hydrogen-bond donors (Lipinski definition) is 1. The fourth-order valence-electron chi connectivity index (χ4n) is 2.15. The van der Waals surface area contributed by atoms with Gasteiger partial charge in [0.25, 0.3) is 0 Å². The van der Waals surface area contributed by atoms with Crippen molar-refractivity contribution in [3.63, 3.8) is 0 Å². The van der Waals surface area contributed by atoms with Gasteiger partial charge in [-0.15, -0.1) is 0 Å². The molecule has 0 saturated carbocycles. The van der Waals surface area contributed by atoms with Gasteiger partial charge in [0.15, 0.2) is 0 Å². The fourth-order valence-corrected chi connectivity index (χ4v) is 2.15. The smallest absolute Gasteiger partial charge is 0.225 e. The largest absolute Gasteiger partial charge is 0.489 e. The normalized spacial score (nSPS) is 20.2. The van der Waals surface area contributed by atoms with E-state index in [-0.39, 0.29) is 23.7 Å². The molecule has 1 N–H and O–H groups in total. The van der Waals surface area contributed by atoms with Gasteiger partial charge in [-0.2, -0.15) is 0 Å². The molecule has 0 bridgehead atoms. The summed E-state index contributed by atoms with van der Waals surface area (Å²) in [6.07, 6.45) is 1.57. The highest BCUT2D eigenvalue weighted by atomic mass is 19.1. The Morgan fingerprint density at radius 2 is 2.45 bits per heavy atom. The molecule has 5 heteroatoms. The third-order valence-corrected chi connectivity index (χ3v) is 3.23. The van der Waals surface area contributed by atoms with E-state index >= 15 is 0 Å². The molecule has 1 aliphatic heterocycles. The van der Waals surface area contributed by atoms with Crippen molar-refractivity contribution in [2.75, 3.05) is 19.8 Å². The van der Waals surface area contributed by atoms with Crippen LogP contribution in [-0.4, -0.2) is 31.8 Å². The van der Waals surface area contributed by atoms with Crippen molar-refractivity contribution in [3.8, 4) is 5.75 Å². The molecular weight excluding hydrogens is 261 g/mol. The van der Waals surface area contributed by atoms with E-state index in [2.05, 4.69) is 5.32 Å². The predicted molar refractivity (Wildman–Crippen MR) is 73.0 cm³/mol. The maximum Gasteiger partial charge on any atom is 0.225 e. The van der Waals surface area contributed by atoms with Crippen molar-refractivity contribution >= 4 is 5.91 Å². The van der Waals surface area contributed by atoms with E-state index in [9.17, 15) is 9.18 Å². The molecule has 110 valence electrons. The maximum absolute atomic E-state index is 13.0. The van der Waals surface area contributed by atoms with Crippen LogP contribution in [0.1, 0.15) is 19.8 Å². The van der Waals surface area contributed by atoms with Crippen LogP contribution in [0.2, 0.25) is 0 Å². The summed E-state index contributed by atoms with van der Waals surface area (Å²) in [6, 6.07) is 5.97. The molecule has 1 fully saturated rings. The van der Waals surface area contributed by atoms with Crippen LogP contribution in [0.5, 0.6) is 5.75 Å². The van der Waals surface area contributed by atoms with Gasteiger partial charge >= 0.3 is 0 Å². The van der Waals surface area contributed by atoms with Crippen LogP contribution in [0.3, 0.4) is 0 Å². The summed E-state index contributed by atoms with van der Waals surface area (Å²) in [4.78, 5) is 11.9. The molecule has 4 nitrogen and oxygen atoms in total. The fraction of sp³-hybridized carbons (Fsp3) is 0.533. The molecule has 1 amide bonds. The van der Waals surface area contributed by atoms with Crippen molar-refractivity contribution in [1.29, 1.82) is 0 Å². The van der Waals surface area contributed by atoms with Gasteiger partial charge in [-0.1, -0.05) is 6.07 Å². The SMILES string of the molecule is C[C@H](CNC(=O)[C@H]1CCCOC1)Oc1cccc(F)c1. The quantitative estimate of drug-likeness (QED) is 0.899. The first kappa shape index (κ1) is 14.8. The molecule has 0 aliphatic carbocycles. The Kier molecular flexibility index (Phi) is 5.35. The molecule has 1 aromatic rings. The topological polar surface area (TPSA) is 47.6 Å². The summed E-state index contributed by atoms with van der Waals surface area (Å²) < 4.78 is 23.8. The van der Waals surface area contributed by atoms with Gasteiger partial charge in [-0.3, -0.25) is 4.79 Å². The molecular formula is C15H20FNO3. The van der Waals surface area contributed by atoms with E-state index in [1.165, 1.54) is 12.1 Å². The lowest BCUT2D eigenvalue weighted by Crippen LogP contribution is -2.40. The minimum Gasteiger partial charge on any atom is -0.489 e. The standard InChI is InChI=1S/C15H20FNO3/c1-11(20-14-6-2-5-13(16)8-14)9-17-15(18)12-4-3-7-19-10-12/h2,5-6,8,11-12H,3-4,7,9-10H2,1H3,(H,17,18)/t11-,12+/m1/s1. The first-order valence-corrected chi connectivity index (χ1v) is 6.93. The third kappa shape index (κ3) is 4.49. The Morgan fingerprint density at radius 3 is 3.15 bits per heavy atom. The summed E-state index contributed by atoms with van der Waals surface area (Å²) in [6.45, 7) is 3.46. The molecule has 2 atom stereocenters. The van der Waals surface area contributed by atoms with Crippen LogP contribution < -0.4 is 10.1 Å². The molecule has 2 rings (SSSR count). The van der Waals surface area contributed by atoms with E-state index < -0.39 is 0 Å². The lowest BCUT2D eigenvalue weighted by Gasteiger charge is -2.22. The molecule has 20 heavy (non-hydrogen) atoms. The molecule has 0 unspecified atom stereocenters. The maximum atomic E-state index is 13.0. The monoisotopic (exact) mass is 281 g/mol. The molecule has 0 spiro atoms. The summed E-state index contributed by atoms with van der Waals surface area (Å²) in [5, 5.41) is 2.85. The van der Waals surface area contributed by atoms with Crippen LogP contribution in [0.4, 0.5) is 4.39 Å². The van der Waals surface area contributed by atoms with Crippen LogP contribution in [0.15, 0.2) is 24.3 Å². The number of carbonyl (C=O) groups is 1. The highest BCUT2D eigenvalue weighted by Gasteiger charge is 2.21. The number of benzene rings is 1. The van der Waals surface area contributed by atoms with Crippen LogP contribution >= 0.6 is 0 Å². The summed E-state index contributed by atoms with van der Waals surface area (Å²) in [7, 11) is 0. The summed E-state index contributed by atoms with van der Waals surface area (Å²) in [5.74, 6) is 0.0651. The Hall–Kier alpha value is -1.62. The van der Waals surface area contributed by atoms with Crippen LogP contribution in [0, 0.1) is 11.7 Å². The van der Waals surface area contributed by atoms with Gasteiger partial charge in [0.05, 0.1) is 19.1 Å². The highest BCUT2D eigenvalue weighted by molar-refractivity contribution is 5.78. The van der Waals surface area contributed by atoms with Crippen molar-refractivity contribution in [3.05, 3.63) is 30.1 Å². The van der Waals surface area contributed by atoms with Crippen molar-refractivity contribution in [2.24, 2.45) is 5.92 Å². The first-order valence-electron chi connectivity index (χ1n) is 6.93. The molecule has 1 aromatic carbocycles. The van der Waals surface area contributed by atoms with Gasteiger partial charge in [-0.05, 0) is 31.9 Å². The van der Waals surface area contributed by atoms with Gasteiger partial charge < -0.3 is 14.8 Å². The van der Waals surface area contributed by atoms with Gasteiger partial charge in [0, 0.05) is 12.7 Å². The number of ether oxygens (including phenoxy) is 2. The van der Waals surface area contributed by atoms with E-state index in [0.717, 1.165) is 19.4 Å². The average molecular weight is 281 g/mol. The minimum absolute atomic E-state index is 0.000563. The number of halogens is 1. The third-order valence-electron chi connectivity index (χ3n) is 3.23. The van der Waals surface area contributed by atoms with Crippen LogP contribution in [-0.2, 0) is 9.53 Å². The zero-order valence-electron chi connectivity index (χ0n) is 11.6. The number of carbonyl (C=O) groups excluding carboxylic acids is 1. The van der Waals surface area contributed by atoms with Gasteiger partial charge in [-0.25, -0.2) is 4.39 Å². The lowest BCUT2D eigenvalue weighted by molar-refractivity contribution is -0.129. The average Bonchev–Trinajstić information content (AvgIpc) is 2.46. The minimum atomic E-state index is -0.335. The molecule has 1 heterocycles. The highest BCUT2D eigenvalue weighted by Crippen LogP contribution is 2.15. The molecule has 0 radical (unpaired) electrons. The Bertz CT molecular complexity index is 446. The summed E-state index contributed by atoms with van der Waals surface area (Å²) >= 11 is 0. The zero-order valence-corrected chi connectivity index (χ0v) is 11.6. The van der Waals surface area contributed by atoms with Crippen molar-refractivity contribution in [1.82, 2.24) is 5.32 Å². The zero-order chi connectivity index (χ0) is 14.4. The van der Waals surface area contributed by atoms with Crippen LogP contribution in [0.25, 0.3) is 0 Å². The number of rotatable bonds is 5. The van der Waals surface area contributed by atoms with Gasteiger partial charge in [0.1, 0.15) is 17.7 Å². The first-order chi connectivity index (χ1) is 9.65. The van der Waals surface area contributed by atoms with E-state index in [4.69, 9.17) is 9.47 Å². The number of nitrogens with one attached hydrogen (secondary N) is 1. The molecule has 1 aliphatic rings. The van der Waals surface area contributed by atoms with Gasteiger partial charge in [0.2, 0.25) is 5.91 Å². The second kappa shape index (κ2) is 7.24. The number of hydrogen-bond acceptors (Lipinski definition) is 3. The Balaban J connectivity index is 1.74. The predicted octanol–water partition coefficient (Wildman–Crippen LogP) is 2.14. The molecule has 1 saturated heterocycles. The lowest BCUT2D eigenvalue weighted by atomic mass is 10.0. The number of amides is 1. The van der Waals surface area contributed by atoms with Crippen molar-refractivity contribution < 1.29 is 18.7 Å².